The van der Waals surface area contributed by atoms with Crippen LogP contribution in [-0.2, 0) is 14.3 Å². The average molecular weight is 265 g/mol. The molecule has 0 radical (unpaired) electrons. The van der Waals surface area contributed by atoms with E-state index in [2.05, 4.69) is 10.1 Å². The van der Waals surface area contributed by atoms with Crippen molar-refractivity contribution in [3.8, 4) is 0 Å². The third-order valence-corrected chi connectivity index (χ3v) is 2.37. The van der Waals surface area contributed by atoms with Crippen molar-refractivity contribution >= 4 is 18.0 Å². The second-order valence-electron chi connectivity index (χ2n) is 4.08. The van der Waals surface area contributed by atoms with Crippen LogP contribution in [-0.4, -0.2) is 25.0 Å². The van der Waals surface area contributed by atoms with E-state index in [1.165, 1.54) is 31.4 Å². The molecule has 0 aliphatic heterocycles. The molecule has 0 saturated heterocycles. The molecule has 1 unspecified atom stereocenters. The summed E-state index contributed by atoms with van der Waals surface area (Å²) < 4.78 is 17.4. The highest BCUT2D eigenvalue weighted by molar-refractivity contribution is 5.92. The Bertz CT molecular complexity index is 485. The van der Waals surface area contributed by atoms with Crippen LogP contribution in [0, 0.1) is 5.82 Å². The van der Waals surface area contributed by atoms with E-state index >= 15 is 0 Å². The zero-order valence-electron chi connectivity index (χ0n) is 10.9. The van der Waals surface area contributed by atoms with Gasteiger partial charge in [-0.2, -0.15) is 0 Å². The van der Waals surface area contributed by atoms with E-state index in [-0.39, 0.29) is 30.2 Å². The second kappa shape index (κ2) is 7.31. The molecular weight excluding hydrogens is 249 g/mol. The number of esters is 1. The van der Waals surface area contributed by atoms with E-state index in [1.807, 2.05) is 0 Å². The van der Waals surface area contributed by atoms with Crippen LogP contribution >= 0.6 is 0 Å². The van der Waals surface area contributed by atoms with E-state index in [0.29, 0.717) is 5.56 Å². The predicted octanol–water partition coefficient (Wildman–Crippen LogP) is 1.91. The Kier molecular flexibility index (Phi) is 5.73. The molecule has 1 rings (SSSR count). The molecule has 19 heavy (non-hydrogen) atoms. The fourth-order valence-corrected chi connectivity index (χ4v) is 1.46. The highest BCUT2D eigenvalue weighted by atomic mass is 19.1. The fourth-order valence-electron chi connectivity index (χ4n) is 1.46. The summed E-state index contributed by atoms with van der Waals surface area (Å²) in [5.41, 5.74) is 0.593. The van der Waals surface area contributed by atoms with Crippen molar-refractivity contribution in [1.82, 2.24) is 5.32 Å². The van der Waals surface area contributed by atoms with Crippen molar-refractivity contribution in [2.45, 2.75) is 19.4 Å². The largest absolute Gasteiger partial charge is 0.469 e. The minimum atomic E-state index is -0.387. The summed E-state index contributed by atoms with van der Waals surface area (Å²) in [4.78, 5) is 22.5. The lowest BCUT2D eigenvalue weighted by molar-refractivity contribution is -0.141. The third kappa shape index (κ3) is 5.81. The first-order valence-corrected chi connectivity index (χ1v) is 5.82. The molecule has 0 aliphatic carbocycles. The minimum Gasteiger partial charge on any atom is -0.469 e. The van der Waals surface area contributed by atoms with Gasteiger partial charge >= 0.3 is 5.97 Å². The molecule has 0 saturated carbocycles. The number of nitrogens with one attached hydrogen (secondary N) is 1. The Morgan fingerprint density at radius 2 is 2.21 bits per heavy atom. The molecule has 1 N–H and O–H groups in total. The Labute approximate surface area is 111 Å². The van der Waals surface area contributed by atoms with Crippen molar-refractivity contribution in [3.05, 3.63) is 41.7 Å². The fraction of sp³-hybridized carbons (Fsp3) is 0.286. The zero-order chi connectivity index (χ0) is 14.3. The van der Waals surface area contributed by atoms with Crippen molar-refractivity contribution < 1.29 is 18.7 Å². The number of carbonyl (C=O) groups is 2. The van der Waals surface area contributed by atoms with Gasteiger partial charge in [0.1, 0.15) is 5.82 Å². The van der Waals surface area contributed by atoms with Gasteiger partial charge < -0.3 is 10.1 Å². The van der Waals surface area contributed by atoms with Crippen LogP contribution in [0.15, 0.2) is 30.3 Å². The Morgan fingerprint density at radius 3 is 2.84 bits per heavy atom. The summed E-state index contributed by atoms with van der Waals surface area (Å²) in [5.74, 6) is -1.09. The first-order valence-electron chi connectivity index (χ1n) is 5.82. The topological polar surface area (TPSA) is 55.4 Å². The first-order chi connectivity index (χ1) is 9.01. The van der Waals surface area contributed by atoms with Crippen LogP contribution in [0.2, 0.25) is 0 Å². The summed E-state index contributed by atoms with van der Waals surface area (Å²) >= 11 is 0. The zero-order valence-corrected chi connectivity index (χ0v) is 10.9. The van der Waals surface area contributed by atoms with E-state index < -0.39 is 0 Å². The van der Waals surface area contributed by atoms with Crippen molar-refractivity contribution in [3.63, 3.8) is 0 Å². The summed E-state index contributed by atoms with van der Waals surface area (Å²) in [6.45, 7) is 1.70. The van der Waals surface area contributed by atoms with Gasteiger partial charge in [0.2, 0.25) is 5.91 Å². The Hall–Kier alpha value is -2.17. The lowest BCUT2D eigenvalue weighted by Gasteiger charge is -2.10. The molecule has 102 valence electrons. The summed E-state index contributed by atoms with van der Waals surface area (Å²) in [7, 11) is 1.29. The van der Waals surface area contributed by atoms with Gasteiger partial charge in [0.15, 0.2) is 0 Å². The first kappa shape index (κ1) is 14.9. The molecule has 0 fully saturated rings. The second-order valence-corrected chi connectivity index (χ2v) is 4.08. The number of rotatable bonds is 5. The number of halogens is 1. The van der Waals surface area contributed by atoms with Gasteiger partial charge in [-0.25, -0.2) is 4.39 Å². The van der Waals surface area contributed by atoms with Gasteiger partial charge in [0, 0.05) is 12.1 Å². The summed E-state index contributed by atoms with van der Waals surface area (Å²) in [6.07, 6.45) is 2.90. The van der Waals surface area contributed by atoms with E-state index in [1.54, 1.807) is 19.1 Å². The number of hydrogen-bond acceptors (Lipinski definition) is 3. The van der Waals surface area contributed by atoms with Crippen LogP contribution in [0.1, 0.15) is 18.9 Å². The van der Waals surface area contributed by atoms with Crippen LogP contribution in [0.4, 0.5) is 4.39 Å². The average Bonchev–Trinajstić information content (AvgIpc) is 2.36. The predicted molar refractivity (Wildman–Crippen MR) is 69.7 cm³/mol. The van der Waals surface area contributed by atoms with E-state index in [9.17, 15) is 14.0 Å². The summed E-state index contributed by atoms with van der Waals surface area (Å²) in [6, 6.07) is 5.58. The van der Waals surface area contributed by atoms with Crippen LogP contribution < -0.4 is 5.32 Å². The Balaban J connectivity index is 2.49. The smallest absolute Gasteiger partial charge is 0.307 e. The van der Waals surface area contributed by atoms with Gasteiger partial charge in [0.05, 0.1) is 13.5 Å². The normalized spacial score (nSPS) is 12.2. The highest BCUT2D eigenvalue weighted by Crippen LogP contribution is 2.05. The lowest BCUT2D eigenvalue weighted by atomic mass is 10.2. The molecule has 1 aromatic rings. The number of ether oxygens (including phenoxy) is 1. The summed E-state index contributed by atoms with van der Waals surface area (Å²) in [5, 5.41) is 2.61. The van der Waals surface area contributed by atoms with Crippen molar-refractivity contribution in [2.24, 2.45) is 0 Å². The van der Waals surface area contributed by atoms with E-state index in [0.717, 1.165) is 0 Å². The van der Waals surface area contributed by atoms with Gasteiger partial charge in [-0.1, -0.05) is 12.1 Å². The van der Waals surface area contributed by atoms with Crippen molar-refractivity contribution in [1.29, 1.82) is 0 Å². The third-order valence-electron chi connectivity index (χ3n) is 2.37. The monoisotopic (exact) mass is 265 g/mol. The standard InChI is InChI=1S/C14H16FNO3/c1-10(8-14(18)19-2)16-13(17)7-6-11-4-3-5-12(15)9-11/h3-7,9-10H,8H2,1-2H3,(H,16,17)/b7-6+. The SMILES string of the molecule is COC(=O)CC(C)NC(=O)/C=C/c1cccc(F)c1. The maximum Gasteiger partial charge on any atom is 0.307 e. The molecule has 4 nitrogen and oxygen atoms in total. The molecule has 1 aromatic carbocycles. The molecule has 0 spiro atoms. The van der Waals surface area contributed by atoms with Crippen LogP contribution in [0.25, 0.3) is 6.08 Å². The number of hydrogen-bond donors (Lipinski definition) is 1. The lowest BCUT2D eigenvalue weighted by Crippen LogP contribution is -2.33. The highest BCUT2D eigenvalue weighted by Gasteiger charge is 2.10. The molecular formula is C14H16FNO3. The molecule has 0 bridgehead atoms. The number of methoxy groups -OCH3 is 1. The van der Waals surface area contributed by atoms with Gasteiger partial charge in [-0.05, 0) is 30.7 Å². The molecule has 1 amide bonds. The van der Waals surface area contributed by atoms with E-state index in [4.69, 9.17) is 0 Å². The number of amides is 1. The molecule has 5 heteroatoms. The van der Waals surface area contributed by atoms with Crippen molar-refractivity contribution in [2.75, 3.05) is 7.11 Å². The van der Waals surface area contributed by atoms with Crippen LogP contribution in [0.5, 0.6) is 0 Å². The molecule has 0 aromatic heterocycles. The quantitative estimate of drug-likeness (QED) is 0.653. The molecule has 0 aliphatic rings. The minimum absolute atomic E-state index is 0.107. The maximum atomic E-state index is 12.9. The maximum absolute atomic E-state index is 12.9. The Morgan fingerprint density at radius 1 is 1.47 bits per heavy atom. The number of benzene rings is 1. The van der Waals surface area contributed by atoms with Gasteiger partial charge in [0.25, 0.3) is 0 Å². The van der Waals surface area contributed by atoms with Gasteiger partial charge in [-0.15, -0.1) is 0 Å². The molecule has 1 atom stereocenters. The molecule has 0 heterocycles. The number of carbonyl (C=O) groups excluding carboxylic acids is 2. The van der Waals surface area contributed by atoms with Crippen LogP contribution in [0.3, 0.4) is 0 Å². The van der Waals surface area contributed by atoms with Gasteiger partial charge in [-0.3, -0.25) is 9.59 Å².